The molecule has 0 aliphatic carbocycles. The lowest BCUT2D eigenvalue weighted by Gasteiger charge is -2.10. The van der Waals surface area contributed by atoms with Gasteiger partial charge in [0, 0.05) is 11.1 Å². The van der Waals surface area contributed by atoms with Gasteiger partial charge in [0.25, 0.3) is 0 Å². The monoisotopic (exact) mass is 266 g/mol. The molecule has 0 radical (unpaired) electrons. The largest absolute Gasteiger partial charge is 0.346 e. The van der Waals surface area contributed by atoms with E-state index in [1.165, 1.54) is 16.3 Å². The normalized spacial score (nSPS) is 10.8. The number of aromatic nitrogens is 2. The van der Waals surface area contributed by atoms with E-state index in [1.807, 2.05) is 0 Å². The van der Waals surface area contributed by atoms with Gasteiger partial charge in [0.15, 0.2) is 0 Å². The quantitative estimate of drug-likeness (QED) is 0.691. The summed E-state index contributed by atoms with van der Waals surface area (Å²) in [5, 5.41) is 2.47. The van der Waals surface area contributed by atoms with Crippen molar-refractivity contribution < 1.29 is 0 Å². The highest BCUT2D eigenvalue weighted by Gasteiger charge is 2.09. The fraction of sp³-hybridized carbons (Fsp3) is 0.125. The lowest BCUT2D eigenvalue weighted by Crippen LogP contribution is -1.95. The third-order valence-corrected chi connectivity index (χ3v) is 3.71. The molecular formula is C16H14N2S. The zero-order valence-corrected chi connectivity index (χ0v) is 11.5. The summed E-state index contributed by atoms with van der Waals surface area (Å²) >= 11 is 5.33. The Hall–Kier alpha value is -2.00. The summed E-state index contributed by atoms with van der Waals surface area (Å²) in [6.45, 7) is 2.11. The molecule has 2 aromatic carbocycles. The Morgan fingerprint density at radius 3 is 2.74 bits per heavy atom. The van der Waals surface area contributed by atoms with Gasteiger partial charge in [-0.15, -0.1) is 0 Å². The van der Waals surface area contributed by atoms with Gasteiger partial charge >= 0.3 is 0 Å². The van der Waals surface area contributed by atoms with Crippen molar-refractivity contribution in [3.8, 4) is 11.3 Å². The number of nitrogens with zero attached hydrogens (tertiary/aromatic N) is 1. The zero-order chi connectivity index (χ0) is 13.2. The molecule has 2 nitrogen and oxygen atoms in total. The van der Waals surface area contributed by atoms with Gasteiger partial charge in [-0.1, -0.05) is 61.6 Å². The first-order valence-electron chi connectivity index (χ1n) is 6.36. The minimum atomic E-state index is 0.684. The number of nitrogens with one attached hydrogen (secondary N) is 1. The first-order chi connectivity index (χ1) is 9.31. The number of aromatic amines is 1. The van der Waals surface area contributed by atoms with E-state index in [0.717, 1.165) is 17.7 Å². The van der Waals surface area contributed by atoms with Crippen LogP contribution in [-0.2, 0) is 6.42 Å². The van der Waals surface area contributed by atoms with Crippen LogP contribution in [0.3, 0.4) is 0 Å². The van der Waals surface area contributed by atoms with Crippen LogP contribution in [0.2, 0.25) is 0 Å². The number of benzene rings is 2. The third-order valence-electron chi connectivity index (χ3n) is 3.36. The molecule has 1 heterocycles. The third kappa shape index (κ3) is 2.06. The van der Waals surface area contributed by atoms with Crippen LogP contribution in [0.15, 0.2) is 48.8 Å². The molecule has 0 saturated carbocycles. The second-order valence-corrected chi connectivity index (χ2v) is 4.83. The Morgan fingerprint density at radius 2 is 1.89 bits per heavy atom. The maximum absolute atomic E-state index is 5.33. The van der Waals surface area contributed by atoms with Crippen LogP contribution in [0, 0.1) is 4.64 Å². The smallest absolute Gasteiger partial charge is 0.133 e. The van der Waals surface area contributed by atoms with Gasteiger partial charge in [0.05, 0.1) is 12.0 Å². The SMILES string of the molecule is CCc1c(-c2cccc3ccccc23)[nH]cnc1=S. The zero-order valence-electron chi connectivity index (χ0n) is 10.7. The molecule has 0 saturated heterocycles. The molecule has 3 heteroatoms. The molecule has 0 spiro atoms. The fourth-order valence-electron chi connectivity index (χ4n) is 2.44. The summed E-state index contributed by atoms with van der Waals surface area (Å²) in [4.78, 5) is 7.43. The fourth-order valence-corrected chi connectivity index (χ4v) is 2.74. The van der Waals surface area contributed by atoms with E-state index in [4.69, 9.17) is 12.2 Å². The van der Waals surface area contributed by atoms with E-state index in [9.17, 15) is 0 Å². The van der Waals surface area contributed by atoms with Crippen molar-refractivity contribution in [3.63, 3.8) is 0 Å². The number of hydrogen-bond acceptors (Lipinski definition) is 2. The van der Waals surface area contributed by atoms with Crippen LogP contribution < -0.4 is 0 Å². The maximum Gasteiger partial charge on any atom is 0.133 e. The molecule has 0 fully saturated rings. The molecule has 3 aromatic rings. The molecule has 0 bridgehead atoms. The van der Waals surface area contributed by atoms with Crippen molar-refractivity contribution in [1.82, 2.24) is 9.97 Å². The van der Waals surface area contributed by atoms with E-state index < -0.39 is 0 Å². The van der Waals surface area contributed by atoms with Crippen LogP contribution >= 0.6 is 12.2 Å². The van der Waals surface area contributed by atoms with Crippen molar-refractivity contribution in [3.05, 3.63) is 59.0 Å². The van der Waals surface area contributed by atoms with Crippen LogP contribution in [0.25, 0.3) is 22.0 Å². The second kappa shape index (κ2) is 4.94. The average Bonchev–Trinajstić information content (AvgIpc) is 2.46. The minimum Gasteiger partial charge on any atom is -0.346 e. The standard InChI is InChI=1S/C16H14N2S/c1-2-12-15(17-10-18-16(12)19)14-9-5-7-11-6-3-4-8-13(11)14/h3-10H,2H2,1H3,(H,17,18,19). The molecule has 3 rings (SSSR count). The van der Waals surface area contributed by atoms with Crippen LogP contribution in [0.5, 0.6) is 0 Å². The van der Waals surface area contributed by atoms with Crippen molar-refractivity contribution in [2.24, 2.45) is 0 Å². The van der Waals surface area contributed by atoms with E-state index in [0.29, 0.717) is 4.64 Å². The van der Waals surface area contributed by atoms with Crippen LogP contribution in [0.1, 0.15) is 12.5 Å². The predicted molar refractivity (Wildman–Crippen MR) is 81.7 cm³/mol. The van der Waals surface area contributed by atoms with Gasteiger partial charge in [0.1, 0.15) is 4.64 Å². The number of H-pyrrole nitrogens is 1. The Labute approximate surface area is 117 Å². The van der Waals surface area contributed by atoms with Gasteiger partial charge < -0.3 is 4.98 Å². The molecule has 0 aliphatic heterocycles. The molecular weight excluding hydrogens is 252 g/mol. The lowest BCUT2D eigenvalue weighted by atomic mass is 9.99. The Bertz CT molecular complexity index is 785. The summed E-state index contributed by atoms with van der Waals surface area (Å²) in [6, 6.07) is 14.7. The summed E-state index contributed by atoms with van der Waals surface area (Å²) < 4.78 is 0.684. The van der Waals surface area contributed by atoms with E-state index in [1.54, 1.807) is 6.33 Å². The number of rotatable bonds is 2. The van der Waals surface area contributed by atoms with Gasteiger partial charge in [0.2, 0.25) is 0 Å². The van der Waals surface area contributed by atoms with E-state index in [2.05, 4.69) is 59.4 Å². The molecule has 94 valence electrons. The Kier molecular flexibility index (Phi) is 3.13. The van der Waals surface area contributed by atoms with Crippen molar-refractivity contribution in [1.29, 1.82) is 0 Å². The minimum absolute atomic E-state index is 0.684. The molecule has 0 atom stereocenters. The Balaban J connectivity index is 2.37. The van der Waals surface area contributed by atoms with Crippen LogP contribution in [0.4, 0.5) is 0 Å². The molecule has 19 heavy (non-hydrogen) atoms. The molecule has 0 aliphatic rings. The number of fused-ring (bicyclic) bond motifs is 1. The summed E-state index contributed by atoms with van der Waals surface area (Å²) in [7, 11) is 0. The van der Waals surface area contributed by atoms with Crippen molar-refractivity contribution >= 4 is 23.0 Å². The maximum atomic E-state index is 5.33. The summed E-state index contributed by atoms with van der Waals surface area (Å²) in [5.74, 6) is 0. The van der Waals surface area contributed by atoms with Crippen molar-refractivity contribution in [2.75, 3.05) is 0 Å². The molecule has 0 unspecified atom stereocenters. The van der Waals surface area contributed by atoms with Crippen LogP contribution in [-0.4, -0.2) is 9.97 Å². The van der Waals surface area contributed by atoms with E-state index >= 15 is 0 Å². The molecule has 1 aromatic heterocycles. The average molecular weight is 266 g/mol. The first-order valence-corrected chi connectivity index (χ1v) is 6.76. The van der Waals surface area contributed by atoms with Crippen molar-refractivity contribution in [2.45, 2.75) is 13.3 Å². The topological polar surface area (TPSA) is 28.7 Å². The number of hydrogen-bond donors (Lipinski definition) is 1. The predicted octanol–water partition coefficient (Wildman–Crippen LogP) is 4.52. The van der Waals surface area contributed by atoms with Gasteiger partial charge in [-0.2, -0.15) is 0 Å². The Morgan fingerprint density at radius 1 is 1.11 bits per heavy atom. The highest BCUT2D eigenvalue weighted by atomic mass is 32.1. The highest BCUT2D eigenvalue weighted by Crippen LogP contribution is 2.29. The van der Waals surface area contributed by atoms with Gasteiger partial charge in [-0.05, 0) is 17.2 Å². The second-order valence-electron chi connectivity index (χ2n) is 4.44. The van der Waals surface area contributed by atoms with Gasteiger partial charge in [-0.3, -0.25) is 0 Å². The lowest BCUT2D eigenvalue weighted by molar-refractivity contribution is 1.04. The molecule has 0 amide bonds. The van der Waals surface area contributed by atoms with E-state index in [-0.39, 0.29) is 0 Å². The highest BCUT2D eigenvalue weighted by molar-refractivity contribution is 7.71. The van der Waals surface area contributed by atoms with Gasteiger partial charge in [-0.25, -0.2) is 4.98 Å². The molecule has 1 N–H and O–H groups in total. The first kappa shape index (κ1) is 12.1. The summed E-state index contributed by atoms with van der Waals surface area (Å²) in [6.07, 6.45) is 2.56. The summed E-state index contributed by atoms with van der Waals surface area (Å²) in [5.41, 5.74) is 3.37.